The number of hydrogen-bond acceptors (Lipinski definition) is 5. The minimum absolute atomic E-state index is 0.0874. The summed E-state index contributed by atoms with van der Waals surface area (Å²) in [5.41, 5.74) is 0. The van der Waals surface area contributed by atoms with Gasteiger partial charge in [0.2, 0.25) is 0 Å². The SMILES string of the molecule is CC(=O)OC[C@@H](SC(C)=O)[C@H](F)C=O. The van der Waals surface area contributed by atoms with Gasteiger partial charge >= 0.3 is 5.97 Å². The molecule has 6 heteroatoms. The lowest BCUT2D eigenvalue weighted by atomic mass is 10.3. The van der Waals surface area contributed by atoms with Gasteiger partial charge in [-0.25, -0.2) is 4.39 Å². The second-order valence-electron chi connectivity index (χ2n) is 2.53. The second-order valence-corrected chi connectivity index (χ2v) is 3.95. The van der Waals surface area contributed by atoms with Gasteiger partial charge in [-0.15, -0.1) is 0 Å². The highest BCUT2D eigenvalue weighted by atomic mass is 32.2. The summed E-state index contributed by atoms with van der Waals surface area (Å²) < 4.78 is 17.4. The number of aldehydes is 1. The summed E-state index contributed by atoms with van der Waals surface area (Å²) >= 11 is 0.652. The van der Waals surface area contributed by atoms with E-state index in [0.717, 1.165) is 0 Å². The zero-order valence-electron chi connectivity index (χ0n) is 7.86. The molecule has 14 heavy (non-hydrogen) atoms. The van der Waals surface area contributed by atoms with E-state index in [1.807, 2.05) is 0 Å². The molecule has 0 rings (SSSR count). The van der Waals surface area contributed by atoms with Crippen molar-refractivity contribution in [2.45, 2.75) is 25.3 Å². The van der Waals surface area contributed by atoms with Crippen molar-refractivity contribution in [2.24, 2.45) is 0 Å². The van der Waals surface area contributed by atoms with Gasteiger partial charge in [-0.1, -0.05) is 11.8 Å². The summed E-state index contributed by atoms with van der Waals surface area (Å²) in [5, 5.41) is -1.28. The minimum Gasteiger partial charge on any atom is -0.465 e. The Morgan fingerprint density at radius 2 is 2.07 bits per heavy atom. The van der Waals surface area contributed by atoms with Crippen LogP contribution in [0.2, 0.25) is 0 Å². The molecule has 0 saturated carbocycles. The highest BCUT2D eigenvalue weighted by Gasteiger charge is 2.24. The maximum atomic E-state index is 12.9. The summed E-state index contributed by atoms with van der Waals surface area (Å²) in [6, 6.07) is 0. The van der Waals surface area contributed by atoms with Crippen molar-refractivity contribution < 1.29 is 23.5 Å². The molecule has 4 nitrogen and oxygen atoms in total. The Labute approximate surface area is 85.2 Å². The van der Waals surface area contributed by atoms with Gasteiger partial charge in [0, 0.05) is 13.8 Å². The van der Waals surface area contributed by atoms with E-state index in [1.54, 1.807) is 0 Å². The number of rotatable bonds is 5. The van der Waals surface area contributed by atoms with Crippen molar-refractivity contribution in [3.05, 3.63) is 0 Å². The zero-order valence-corrected chi connectivity index (χ0v) is 8.67. The molecule has 0 heterocycles. The van der Waals surface area contributed by atoms with Crippen molar-refractivity contribution >= 4 is 29.1 Å². The van der Waals surface area contributed by atoms with E-state index in [9.17, 15) is 18.8 Å². The van der Waals surface area contributed by atoms with E-state index in [0.29, 0.717) is 11.8 Å². The third-order valence-electron chi connectivity index (χ3n) is 1.25. The van der Waals surface area contributed by atoms with Crippen LogP contribution in [-0.4, -0.2) is 35.4 Å². The number of alkyl halides is 1. The van der Waals surface area contributed by atoms with Gasteiger partial charge in [-0.2, -0.15) is 0 Å². The van der Waals surface area contributed by atoms with Crippen LogP contribution in [0.25, 0.3) is 0 Å². The molecule has 0 unspecified atom stereocenters. The van der Waals surface area contributed by atoms with Gasteiger partial charge in [-0.05, 0) is 0 Å². The van der Waals surface area contributed by atoms with Crippen LogP contribution in [0.15, 0.2) is 0 Å². The van der Waals surface area contributed by atoms with Crippen molar-refractivity contribution in [3.63, 3.8) is 0 Å². The van der Waals surface area contributed by atoms with Gasteiger partial charge in [0.15, 0.2) is 17.6 Å². The summed E-state index contributed by atoms with van der Waals surface area (Å²) in [6.07, 6.45) is -1.72. The molecule has 0 saturated heterocycles. The molecule has 0 aliphatic rings. The van der Waals surface area contributed by atoms with Crippen LogP contribution in [0, 0.1) is 0 Å². The number of thioether (sulfide) groups is 1. The highest BCUT2D eigenvalue weighted by Crippen LogP contribution is 2.17. The average molecular weight is 222 g/mol. The van der Waals surface area contributed by atoms with E-state index in [2.05, 4.69) is 4.74 Å². The number of carbonyl (C=O) groups excluding carboxylic acids is 3. The Hall–Kier alpha value is -0.910. The summed E-state index contributed by atoms with van der Waals surface area (Å²) in [6.45, 7) is 2.14. The molecule has 0 fully saturated rings. The van der Waals surface area contributed by atoms with Gasteiger partial charge < -0.3 is 9.53 Å². The number of esters is 1. The Bertz CT molecular complexity index is 231. The van der Waals surface area contributed by atoms with Crippen LogP contribution in [-0.2, 0) is 19.1 Å². The Balaban J connectivity index is 4.16. The van der Waals surface area contributed by atoms with Crippen LogP contribution in [0.5, 0.6) is 0 Å². The predicted molar refractivity (Wildman–Crippen MR) is 49.7 cm³/mol. The number of hydrogen-bond donors (Lipinski definition) is 0. The van der Waals surface area contributed by atoms with Crippen molar-refractivity contribution in [3.8, 4) is 0 Å². The molecule has 0 bridgehead atoms. The van der Waals surface area contributed by atoms with Crippen molar-refractivity contribution in [2.75, 3.05) is 6.61 Å². The number of carbonyl (C=O) groups is 3. The molecule has 0 amide bonds. The molecule has 0 aliphatic heterocycles. The monoisotopic (exact) mass is 222 g/mol. The topological polar surface area (TPSA) is 60.4 Å². The van der Waals surface area contributed by atoms with E-state index >= 15 is 0 Å². The van der Waals surface area contributed by atoms with Crippen LogP contribution < -0.4 is 0 Å². The summed E-state index contributed by atoms with van der Waals surface area (Å²) in [7, 11) is 0. The lowest BCUT2D eigenvalue weighted by Crippen LogP contribution is -2.27. The minimum atomic E-state index is -1.80. The second kappa shape index (κ2) is 6.53. The molecule has 0 aliphatic carbocycles. The molecule has 0 radical (unpaired) electrons. The standard InChI is InChI=1S/C8H11FO4S/c1-5(11)13-4-8(7(9)3-10)14-6(2)12/h3,7-8H,4H2,1-2H3/t7-,8-/m1/s1. The lowest BCUT2D eigenvalue weighted by molar-refractivity contribution is -0.141. The van der Waals surface area contributed by atoms with Crippen LogP contribution >= 0.6 is 11.8 Å². The van der Waals surface area contributed by atoms with E-state index in [1.165, 1.54) is 13.8 Å². The molecule has 80 valence electrons. The van der Waals surface area contributed by atoms with Gasteiger partial charge in [0.25, 0.3) is 0 Å². The zero-order chi connectivity index (χ0) is 11.1. The first-order valence-corrected chi connectivity index (χ1v) is 4.75. The fourth-order valence-electron chi connectivity index (χ4n) is 0.691. The largest absolute Gasteiger partial charge is 0.465 e. The van der Waals surface area contributed by atoms with E-state index < -0.39 is 17.4 Å². The van der Waals surface area contributed by atoms with Crippen molar-refractivity contribution in [1.29, 1.82) is 0 Å². The molecule has 0 spiro atoms. The Morgan fingerprint density at radius 3 is 2.43 bits per heavy atom. The molecule has 0 N–H and O–H groups in total. The first-order chi connectivity index (χ1) is 6.47. The fraction of sp³-hybridized carbons (Fsp3) is 0.625. The maximum absolute atomic E-state index is 12.9. The summed E-state index contributed by atoms with van der Waals surface area (Å²) in [4.78, 5) is 31.2. The Morgan fingerprint density at radius 1 is 1.50 bits per heavy atom. The highest BCUT2D eigenvalue weighted by molar-refractivity contribution is 8.14. The molecule has 2 atom stereocenters. The molecular formula is C8H11FO4S. The fourth-order valence-corrected chi connectivity index (χ4v) is 1.45. The third-order valence-corrected chi connectivity index (χ3v) is 2.28. The van der Waals surface area contributed by atoms with Crippen LogP contribution in [0.1, 0.15) is 13.8 Å². The third kappa shape index (κ3) is 5.69. The van der Waals surface area contributed by atoms with Crippen molar-refractivity contribution in [1.82, 2.24) is 0 Å². The Kier molecular flexibility index (Phi) is 6.11. The number of halogens is 1. The van der Waals surface area contributed by atoms with Gasteiger partial charge in [0.1, 0.15) is 6.61 Å². The molecule has 0 aromatic rings. The summed E-state index contributed by atoms with van der Waals surface area (Å²) in [5.74, 6) is -0.572. The normalized spacial score (nSPS) is 14.2. The first kappa shape index (κ1) is 13.1. The lowest BCUT2D eigenvalue weighted by Gasteiger charge is -2.14. The quantitative estimate of drug-likeness (QED) is 0.507. The number of ether oxygens (including phenoxy) is 1. The van der Waals surface area contributed by atoms with Gasteiger partial charge in [0.05, 0.1) is 5.25 Å². The van der Waals surface area contributed by atoms with Crippen LogP contribution in [0.4, 0.5) is 4.39 Å². The first-order valence-electron chi connectivity index (χ1n) is 3.87. The predicted octanol–water partition coefficient (Wildman–Crippen LogP) is 0.735. The van der Waals surface area contributed by atoms with Crippen LogP contribution in [0.3, 0.4) is 0 Å². The van der Waals surface area contributed by atoms with E-state index in [4.69, 9.17) is 0 Å². The van der Waals surface area contributed by atoms with E-state index in [-0.39, 0.29) is 18.0 Å². The smallest absolute Gasteiger partial charge is 0.302 e. The molecule has 0 aromatic carbocycles. The average Bonchev–Trinajstić information content (AvgIpc) is 2.10. The molecular weight excluding hydrogens is 211 g/mol. The maximum Gasteiger partial charge on any atom is 0.302 e. The molecule has 0 aromatic heterocycles. The van der Waals surface area contributed by atoms with Gasteiger partial charge in [-0.3, -0.25) is 9.59 Å².